The van der Waals surface area contributed by atoms with E-state index in [0.717, 1.165) is 6.07 Å². The van der Waals surface area contributed by atoms with Gasteiger partial charge in [0.1, 0.15) is 23.7 Å². The Hall–Kier alpha value is -3.75. The zero-order valence-electron chi connectivity index (χ0n) is 17.3. The first-order chi connectivity index (χ1) is 14.9. The molecule has 4 aromatic rings. The van der Waals surface area contributed by atoms with E-state index in [1.807, 2.05) is 12.1 Å². The molecular weight excluding hydrogens is 416 g/mol. The third-order valence-corrected chi connectivity index (χ3v) is 3.84. The molecule has 0 aliphatic rings. The highest BCUT2D eigenvalue weighted by Gasteiger charge is 2.09. The minimum atomic E-state index is -1.24. The quantitative estimate of drug-likeness (QED) is 0.462. The van der Waals surface area contributed by atoms with Crippen LogP contribution in [0.3, 0.4) is 0 Å². The van der Waals surface area contributed by atoms with Crippen LogP contribution in [0.4, 0.5) is 0 Å². The van der Waals surface area contributed by atoms with Crippen LogP contribution in [-0.4, -0.2) is 32.1 Å². The topological polar surface area (TPSA) is 116 Å². The van der Waals surface area contributed by atoms with Crippen molar-refractivity contribution in [3.05, 3.63) is 92.6 Å². The number of benzene rings is 2. The summed E-state index contributed by atoms with van der Waals surface area (Å²) in [6.45, 7) is 2.16. The molecule has 4 rings (SSSR count). The number of hydrogen-bond donors (Lipinski definition) is 1. The Morgan fingerprint density at radius 2 is 1.31 bits per heavy atom. The fraction of sp³-hybridized carbons (Fsp3) is 0.208. The first kappa shape index (κ1) is 26.3. The summed E-state index contributed by atoms with van der Waals surface area (Å²) in [4.78, 5) is 33.3. The summed E-state index contributed by atoms with van der Waals surface area (Å²) in [6, 6.07) is 16.2. The maximum atomic E-state index is 11.4. The van der Waals surface area contributed by atoms with Gasteiger partial charge in [-0.25, -0.2) is 4.79 Å². The second-order valence-corrected chi connectivity index (χ2v) is 6.19. The monoisotopic (exact) mass is 442 g/mol. The Morgan fingerprint density at radius 1 is 0.844 bits per heavy atom. The zero-order valence-corrected chi connectivity index (χ0v) is 17.3. The lowest BCUT2D eigenvalue weighted by Crippen LogP contribution is -2.05. The normalized spacial score (nSPS) is 9.72. The molecule has 0 bridgehead atoms. The molecule has 0 atom stereocenters. The summed E-state index contributed by atoms with van der Waals surface area (Å²) in [6.07, 6.45) is 0. The minimum absolute atomic E-state index is 0. The third kappa shape index (κ3) is 7.19. The van der Waals surface area contributed by atoms with Crippen molar-refractivity contribution in [2.45, 2.75) is 14.4 Å². The van der Waals surface area contributed by atoms with E-state index in [4.69, 9.17) is 13.9 Å². The summed E-state index contributed by atoms with van der Waals surface area (Å²) >= 11 is 0. The van der Waals surface area contributed by atoms with Crippen LogP contribution in [0.15, 0.2) is 79.1 Å². The number of para-hydroxylation sites is 2. The van der Waals surface area contributed by atoms with E-state index in [2.05, 4.69) is 9.47 Å². The molecule has 0 amide bonds. The molecule has 8 heteroatoms. The number of carboxylic acid groups (broad SMARTS) is 1. The van der Waals surface area contributed by atoms with Crippen LogP contribution in [-0.2, 0) is 9.47 Å². The van der Waals surface area contributed by atoms with Gasteiger partial charge in [-0.15, -0.1) is 0 Å². The lowest BCUT2D eigenvalue weighted by molar-refractivity contribution is -0.00272. The first-order valence-electron chi connectivity index (χ1n) is 9.11. The van der Waals surface area contributed by atoms with Crippen LogP contribution < -0.4 is 10.9 Å². The maximum Gasteiger partial charge on any atom is 0.371 e. The van der Waals surface area contributed by atoms with E-state index in [1.54, 1.807) is 57.5 Å². The predicted octanol–water partition coefficient (Wildman–Crippen LogP) is 4.47. The molecule has 0 aliphatic heterocycles. The Bertz CT molecular complexity index is 1270. The lowest BCUT2D eigenvalue weighted by atomic mass is 10.2. The molecule has 0 spiro atoms. The van der Waals surface area contributed by atoms with Gasteiger partial charge in [-0.3, -0.25) is 9.59 Å². The average molecular weight is 442 g/mol. The Morgan fingerprint density at radius 3 is 1.78 bits per heavy atom. The van der Waals surface area contributed by atoms with Crippen LogP contribution in [0.1, 0.15) is 23.7 Å². The number of methoxy groups -OCH3 is 2. The molecule has 0 saturated heterocycles. The van der Waals surface area contributed by atoms with Crippen molar-refractivity contribution in [1.29, 1.82) is 0 Å². The summed E-state index contributed by atoms with van der Waals surface area (Å²) in [5.41, 5.74) is 0.624. The maximum absolute atomic E-state index is 11.4. The van der Waals surface area contributed by atoms with Crippen LogP contribution in [0.2, 0.25) is 0 Å². The highest BCUT2D eigenvalue weighted by atomic mass is 16.6. The molecular formula is C24H26O8. The van der Waals surface area contributed by atoms with Gasteiger partial charge in [0, 0.05) is 26.4 Å². The summed E-state index contributed by atoms with van der Waals surface area (Å²) in [5, 5.41) is 9.66. The van der Waals surface area contributed by atoms with Crippen LogP contribution >= 0.6 is 0 Å². The van der Waals surface area contributed by atoms with Crippen LogP contribution in [0.25, 0.3) is 21.9 Å². The Balaban J connectivity index is 0.000000261. The van der Waals surface area contributed by atoms with Gasteiger partial charge in [0.2, 0.25) is 5.76 Å². The molecule has 32 heavy (non-hydrogen) atoms. The highest BCUT2D eigenvalue weighted by Crippen LogP contribution is 2.11. The van der Waals surface area contributed by atoms with Gasteiger partial charge < -0.3 is 23.4 Å². The number of aryl methyl sites for hydroxylation is 1. The molecule has 2 aromatic heterocycles. The van der Waals surface area contributed by atoms with Crippen molar-refractivity contribution in [3.8, 4) is 0 Å². The fourth-order valence-corrected chi connectivity index (χ4v) is 2.55. The van der Waals surface area contributed by atoms with E-state index in [0.29, 0.717) is 28.9 Å². The van der Waals surface area contributed by atoms with Crippen LogP contribution in [0, 0.1) is 6.92 Å². The van der Waals surface area contributed by atoms with Crippen molar-refractivity contribution in [2.75, 3.05) is 21.0 Å². The van der Waals surface area contributed by atoms with Crippen molar-refractivity contribution in [1.82, 2.24) is 0 Å². The number of hydrogen-bond acceptors (Lipinski definition) is 7. The third-order valence-electron chi connectivity index (χ3n) is 3.84. The summed E-state index contributed by atoms with van der Waals surface area (Å²) < 4.78 is 19.3. The second kappa shape index (κ2) is 12.8. The highest BCUT2D eigenvalue weighted by molar-refractivity contribution is 5.87. The first-order valence-corrected chi connectivity index (χ1v) is 9.11. The van der Waals surface area contributed by atoms with Crippen LogP contribution in [0.5, 0.6) is 0 Å². The smallest absolute Gasteiger partial charge is 0.371 e. The number of carbonyl (C=O) groups is 1. The summed E-state index contributed by atoms with van der Waals surface area (Å²) in [7, 11) is 3.17. The molecule has 8 nitrogen and oxygen atoms in total. The largest absolute Gasteiger partial charge is 0.475 e. The molecule has 0 unspecified atom stereocenters. The van der Waals surface area contributed by atoms with Crippen molar-refractivity contribution in [2.24, 2.45) is 0 Å². The van der Waals surface area contributed by atoms with Gasteiger partial charge in [0.15, 0.2) is 10.9 Å². The molecule has 1 N–H and O–H groups in total. The summed E-state index contributed by atoms with van der Waals surface area (Å²) in [5.74, 6) is -0.930. The van der Waals surface area contributed by atoms with Gasteiger partial charge in [-0.2, -0.15) is 0 Å². The van der Waals surface area contributed by atoms with E-state index < -0.39 is 5.97 Å². The van der Waals surface area contributed by atoms with Gasteiger partial charge in [0.05, 0.1) is 10.8 Å². The zero-order chi connectivity index (χ0) is 22.8. The molecule has 0 radical (unpaired) electrons. The van der Waals surface area contributed by atoms with Crippen molar-refractivity contribution < 1.29 is 28.2 Å². The van der Waals surface area contributed by atoms with Gasteiger partial charge in [-0.1, -0.05) is 31.7 Å². The molecule has 0 fully saturated rings. The van der Waals surface area contributed by atoms with Crippen molar-refractivity contribution >= 4 is 27.9 Å². The number of fused-ring (bicyclic) bond motifs is 2. The fourth-order valence-electron chi connectivity index (χ4n) is 2.55. The SMILES string of the molecule is C.COCOC.Cc1cc(=O)c2ccccc2o1.O=C(O)c1cc(=O)c2ccccc2o1. The second-order valence-electron chi connectivity index (χ2n) is 6.19. The number of carboxylic acids is 1. The molecule has 170 valence electrons. The number of rotatable bonds is 3. The van der Waals surface area contributed by atoms with E-state index >= 15 is 0 Å². The molecule has 0 aliphatic carbocycles. The number of ether oxygens (including phenoxy) is 2. The minimum Gasteiger partial charge on any atom is -0.475 e. The lowest BCUT2D eigenvalue weighted by Gasteiger charge is -1.97. The Labute approximate surface area is 184 Å². The van der Waals surface area contributed by atoms with Gasteiger partial charge in [-0.05, 0) is 31.2 Å². The predicted molar refractivity (Wildman–Crippen MR) is 122 cm³/mol. The molecule has 2 heterocycles. The van der Waals surface area contributed by atoms with E-state index in [-0.39, 0.29) is 29.6 Å². The molecule has 0 saturated carbocycles. The number of aromatic carboxylic acids is 1. The van der Waals surface area contributed by atoms with Crippen molar-refractivity contribution in [3.63, 3.8) is 0 Å². The van der Waals surface area contributed by atoms with E-state index in [9.17, 15) is 14.4 Å². The molecule has 2 aromatic carbocycles. The van der Waals surface area contributed by atoms with E-state index in [1.165, 1.54) is 6.07 Å². The Kier molecular flexibility index (Phi) is 10.5. The van der Waals surface area contributed by atoms with Gasteiger partial charge in [0.25, 0.3) is 0 Å². The average Bonchev–Trinajstić information content (AvgIpc) is 2.75. The standard InChI is InChI=1S/C10H6O4.C10H8O2.C3H8O2.CH4/c11-7-5-9(10(12)13)14-8-4-2-1-3-6(7)8;1-7-6-9(11)8-4-2-3-5-10(8)12-7;1-4-3-5-2;/h1-5H,(H,12,13);2-6H,1H3;3H2,1-2H3;1H4. The van der Waals surface area contributed by atoms with Gasteiger partial charge >= 0.3 is 5.97 Å².